The molecule has 0 saturated heterocycles. The summed E-state index contributed by atoms with van der Waals surface area (Å²) >= 11 is 0. The Kier molecular flexibility index (Phi) is 4.16. The summed E-state index contributed by atoms with van der Waals surface area (Å²) in [6.07, 6.45) is 6.73. The summed E-state index contributed by atoms with van der Waals surface area (Å²) < 4.78 is 0. The molecule has 1 unspecified atom stereocenters. The predicted octanol–water partition coefficient (Wildman–Crippen LogP) is 2.70. The van der Waals surface area contributed by atoms with Gasteiger partial charge in [-0.05, 0) is 73.5 Å². The summed E-state index contributed by atoms with van der Waals surface area (Å²) in [7, 11) is 0. The number of aliphatic hydroxyl groups is 2. The van der Waals surface area contributed by atoms with Gasteiger partial charge in [-0.25, -0.2) is 0 Å². The van der Waals surface area contributed by atoms with Crippen molar-refractivity contribution >= 4 is 11.6 Å². The van der Waals surface area contributed by atoms with Crippen LogP contribution in [-0.2, 0) is 9.59 Å². The van der Waals surface area contributed by atoms with Crippen molar-refractivity contribution in [2.75, 3.05) is 6.61 Å². The van der Waals surface area contributed by atoms with E-state index in [1.807, 2.05) is 0 Å². The van der Waals surface area contributed by atoms with Gasteiger partial charge >= 0.3 is 0 Å². The van der Waals surface area contributed by atoms with E-state index in [1.165, 1.54) is 0 Å². The fraction of sp³-hybridized carbons (Fsp3) is 0.857. The Morgan fingerprint density at radius 2 is 1.96 bits per heavy atom. The van der Waals surface area contributed by atoms with Crippen LogP contribution in [0.3, 0.4) is 0 Å². The third-order valence-corrected chi connectivity index (χ3v) is 8.59. The molecule has 0 aliphatic heterocycles. The normalized spacial score (nSPS) is 50.1. The summed E-state index contributed by atoms with van der Waals surface area (Å²) in [5.41, 5.74) is -0.320. The van der Waals surface area contributed by atoms with Crippen LogP contribution < -0.4 is 0 Å². The van der Waals surface area contributed by atoms with Gasteiger partial charge < -0.3 is 10.2 Å². The van der Waals surface area contributed by atoms with E-state index in [2.05, 4.69) is 13.8 Å². The van der Waals surface area contributed by atoms with Crippen LogP contribution in [0.2, 0.25) is 0 Å². The Labute approximate surface area is 150 Å². The highest BCUT2D eigenvalue weighted by Gasteiger charge is 2.64. The third-order valence-electron chi connectivity index (χ3n) is 8.59. The first-order valence-corrected chi connectivity index (χ1v) is 10.0. The molecule has 0 spiro atoms. The van der Waals surface area contributed by atoms with Crippen LogP contribution in [-0.4, -0.2) is 34.5 Å². The summed E-state index contributed by atoms with van der Waals surface area (Å²) in [6, 6.07) is 0. The van der Waals surface area contributed by atoms with Gasteiger partial charge in [0.2, 0.25) is 0 Å². The zero-order valence-corrected chi connectivity index (χ0v) is 15.5. The minimum absolute atomic E-state index is 0.0182. The Morgan fingerprint density at radius 3 is 2.68 bits per heavy atom. The summed E-state index contributed by atoms with van der Waals surface area (Å²) in [6.45, 7) is 3.96. The van der Waals surface area contributed by atoms with E-state index in [1.54, 1.807) is 0 Å². The second-order valence-electron chi connectivity index (χ2n) is 9.62. The van der Waals surface area contributed by atoms with E-state index in [4.69, 9.17) is 0 Å². The van der Waals surface area contributed by atoms with Crippen LogP contribution >= 0.6 is 0 Å². The molecule has 0 heterocycles. The maximum atomic E-state index is 13.3. The van der Waals surface area contributed by atoms with Crippen molar-refractivity contribution in [3.05, 3.63) is 5.92 Å². The number of rotatable bonds is 2. The molecule has 7 atom stereocenters. The number of Topliss-reactive ketones (excluding diaryl/α,β-unsaturated/α-hetero) is 2. The predicted molar refractivity (Wildman–Crippen MR) is 93.5 cm³/mol. The minimum Gasteiger partial charge on any atom is -0.393 e. The van der Waals surface area contributed by atoms with E-state index in [9.17, 15) is 19.8 Å². The second-order valence-corrected chi connectivity index (χ2v) is 9.62. The third kappa shape index (κ3) is 2.39. The van der Waals surface area contributed by atoms with Crippen molar-refractivity contribution in [1.29, 1.82) is 0 Å². The number of fused-ring (bicyclic) bond motifs is 5. The lowest BCUT2D eigenvalue weighted by molar-refractivity contribution is -0.158. The molecule has 0 amide bonds. The molecule has 4 rings (SSSR count). The van der Waals surface area contributed by atoms with Gasteiger partial charge in [0.05, 0.1) is 12.0 Å². The van der Waals surface area contributed by atoms with Gasteiger partial charge in [-0.2, -0.15) is 0 Å². The van der Waals surface area contributed by atoms with E-state index in [-0.39, 0.29) is 28.6 Å². The lowest BCUT2D eigenvalue weighted by atomic mass is 9.44. The first kappa shape index (κ1) is 17.7. The number of carbonyl (C=O) groups excluding carboxylic acids is 2. The van der Waals surface area contributed by atoms with Crippen LogP contribution in [0.5, 0.6) is 0 Å². The van der Waals surface area contributed by atoms with Crippen LogP contribution in [0.15, 0.2) is 0 Å². The average Bonchev–Trinajstić information content (AvgIpc) is 2.91. The van der Waals surface area contributed by atoms with E-state index in [0.717, 1.165) is 50.9 Å². The summed E-state index contributed by atoms with van der Waals surface area (Å²) in [5.74, 6) is 2.31. The van der Waals surface area contributed by atoms with Crippen LogP contribution in [0.4, 0.5) is 0 Å². The van der Waals surface area contributed by atoms with Crippen molar-refractivity contribution in [3.63, 3.8) is 0 Å². The summed E-state index contributed by atoms with van der Waals surface area (Å²) in [4.78, 5) is 25.6. The van der Waals surface area contributed by atoms with Gasteiger partial charge in [0.25, 0.3) is 0 Å². The number of aliphatic hydroxyl groups excluding tert-OH is 2. The quantitative estimate of drug-likeness (QED) is 0.805. The second kappa shape index (κ2) is 5.88. The highest BCUT2D eigenvalue weighted by atomic mass is 16.3. The standard InChI is InChI=1S/C21H31O4/c1-20-8-7-13(23)9-12(20)3-4-14-15-5-6-16(18(25)11-22)21(15,2)10-17(24)19(14)20/h12-15,19,22-23H,3-11H2,1-2H3/t12-,13?,14-,15-,19+,20-,21-/m0/s1. The van der Waals surface area contributed by atoms with Gasteiger partial charge in [-0.15, -0.1) is 0 Å². The van der Waals surface area contributed by atoms with Crippen LogP contribution in [0.1, 0.15) is 65.2 Å². The number of hydrogen-bond acceptors (Lipinski definition) is 4. The van der Waals surface area contributed by atoms with E-state index < -0.39 is 6.61 Å². The molecular formula is C21H31O4. The molecule has 25 heavy (non-hydrogen) atoms. The fourth-order valence-electron chi connectivity index (χ4n) is 7.42. The Hall–Kier alpha value is -0.740. The summed E-state index contributed by atoms with van der Waals surface area (Å²) in [5, 5.41) is 19.4. The first-order chi connectivity index (χ1) is 11.8. The largest absolute Gasteiger partial charge is 0.393 e. The zero-order valence-electron chi connectivity index (χ0n) is 15.5. The van der Waals surface area contributed by atoms with Gasteiger partial charge in [-0.3, -0.25) is 9.59 Å². The zero-order chi connectivity index (χ0) is 18.0. The highest BCUT2D eigenvalue weighted by molar-refractivity contribution is 5.96. The molecule has 0 bridgehead atoms. The Morgan fingerprint density at radius 1 is 1.20 bits per heavy atom. The fourth-order valence-corrected chi connectivity index (χ4v) is 7.42. The molecule has 2 N–H and O–H groups in total. The Balaban J connectivity index is 1.66. The molecule has 0 aromatic rings. The van der Waals surface area contributed by atoms with Gasteiger partial charge in [-0.1, -0.05) is 13.8 Å². The lowest BCUT2D eigenvalue weighted by Gasteiger charge is -2.59. The average molecular weight is 347 g/mol. The van der Waals surface area contributed by atoms with Crippen molar-refractivity contribution in [1.82, 2.24) is 0 Å². The van der Waals surface area contributed by atoms with Crippen molar-refractivity contribution in [2.45, 2.75) is 71.3 Å². The molecule has 4 saturated carbocycles. The van der Waals surface area contributed by atoms with Crippen LogP contribution in [0.25, 0.3) is 0 Å². The van der Waals surface area contributed by atoms with Gasteiger partial charge in [0, 0.05) is 12.3 Å². The van der Waals surface area contributed by atoms with Crippen molar-refractivity contribution in [2.24, 2.45) is 34.5 Å². The number of hydrogen-bond donors (Lipinski definition) is 2. The monoisotopic (exact) mass is 347 g/mol. The topological polar surface area (TPSA) is 74.6 Å². The SMILES string of the molecule is C[C@]12CCC(O)C[C@@H]1CC[C@@H]1[C@@H]2C(=O)C[C@]2(C)[C](C(=O)CO)CC[C@@H]12. The molecule has 1 radical (unpaired) electrons. The smallest absolute Gasteiger partial charge is 0.165 e. The first-order valence-electron chi connectivity index (χ1n) is 10.0. The van der Waals surface area contributed by atoms with Crippen LogP contribution in [0, 0.1) is 40.4 Å². The molecule has 0 aromatic heterocycles. The van der Waals surface area contributed by atoms with Gasteiger partial charge in [0.15, 0.2) is 5.78 Å². The molecule has 4 fully saturated rings. The highest BCUT2D eigenvalue weighted by Crippen LogP contribution is 2.66. The number of carbonyl (C=O) groups is 2. The maximum absolute atomic E-state index is 13.3. The van der Waals surface area contributed by atoms with Crippen molar-refractivity contribution < 1.29 is 19.8 Å². The minimum atomic E-state index is -0.433. The lowest BCUT2D eigenvalue weighted by Crippen LogP contribution is -2.57. The van der Waals surface area contributed by atoms with E-state index >= 15 is 0 Å². The molecule has 4 heteroatoms. The molecule has 4 aliphatic rings. The van der Waals surface area contributed by atoms with Gasteiger partial charge in [0.1, 0.15) is 12.4 Å². The molecule has 139 valence electrons. The molecule has 0 aromatic carbocycles. The molecule has 4 aliphatic carbocycles. The molecular weight excluding hydrogens is 316 g/mol. The Bertz CT molecular complexity index is 586. The molecule has 4 nitrogen and oxygen atoms in total. The maximum Gasteiger partial charge on any atom is 0.165 e. The van der Waals surface area contributed by atoms with E-state index in [0.29, 0.717) is 30.0 Å². The number of ketones is 2. The van der Waals surface area contributed by atoms with Crippen molar-refractivity contribution in [3.8, 4) is 0 Å².